The number of hydrogen-bond donors (Lipinski definition) is 1. The van der Waals surface area contributed by atoms with Gasteiger partial charge in [-0.25, -0.2) is 8.42 Å². The van der Waals surface area contributed by atoms with Gasteiger partial charge in [0.25, 0.3) is 0 Å². The van der Waals surface area contributed by atoms with Crippen molar-refractivity contribution in [3.63, 3.8) is 0 Å². The molecule has 0 spiro atoms. The van der Waals surface area contributed by atoms with Crippen LogP contribution < -0.4 is 0 Å². The Labute approximate surface area is 98.1 Å². The first-order valence-electron chi connectivity index (χ1n) is 4.12. The number of benzene rings is 1. The highest BCUT2D eigenvalue weighted by Crippen LogP contribution is 2.34. The molecule has 15 heavy (non-hydrogen) atoms. The largest absolute Gasteiger partial charge is 0.506 e. The van der Waals surface area contributed by atoms with Crippen molar-refractivity contribution >= 4 is 31.3 Å². The summed E-state index contributed by atoms with van der Waals surface area (Å²) in [6.07, 6.45) is 0. The molecule has 0 bridgehead atoms. The number of phenols is 1. The Morgan fingerprint density at radius 3 is 2.33 bits per heavy atom. The molecule has 84 valence electrons. The summed E-state index contributed by atoms with van der Waals surface area (Å²) in [7, 11) is 1.42. The number of phenolic OH excluding ortho intramolecular Hbond substituents is 1. The Hall–Kier alpha value is -0.450. The van der Waals surface area contributed by atoms with Gasteiger partial charge in [0.05, 0.1) is 10.8 Å². The molecule has 0 aliphatic carbocycles. The third-order valence-electron chi connectivity index (χ3n) is 2.07. The number of aryl methyl sites for hydroxylation is 2. The van der Waals surface area contributed by atoms with Crippen molar-refractivity contribution in [1.29, 1.82) is 0 Å². The van der Waals surface area contributed by atoms with Crippen LogP contribution in [0.25, 0.3) is 0 Å². The topological polar surface area (TPSA) is 54.4 Å². The third kappa shape index (κ3) is 3.00. The lowest BCUT2D eigenvalue weighted by molar-refractivity contribution is 0.469. The molecule has 0 amide bonds. The van der Waals surface area contributed by atoms with E-state index in [0.29, 0.717) is 11.1 Å². The summed E-state index contributed by atoms with van der Waals surface area (Å²) in [6.45, 7) is 3.43. The van der Waals surface area contributed by atoms with Gasteiger partial charge in [0.2, 0.25) is 9.05 Å². The fraction of sp³-hybridized carbons (Fsp3) is 0.333. The zero-order valence-electron chi connectivity index (χ0n) is 8.21. The second kappa shape index (κ2) is 4.20. The van der Waals surface area contributed by atoms with E-state index >= 15 is 0 Å². The first-order valence-corrected chi connectivity index (χ1v) is 6.98. The van der Waals surface area contributed by atoms with E-state index < -0.39 is 14.8 Å². The van der Waals surface area contributed by atoms with E-state index in [9.17, 15) is 13.5 Å². The molecule has 3 nitrogen and oxygen atoms in total. The van der Waals surface area contributed by atoms with Gasteiger partial charge in [-0.3, -0.25) is 0 Å². The molecule has 1 N–H and O–H groups in total. The molecule has 0 radical (unpaired) electrons. The lowest BCUT2D eigenvalue weighted by Crippen LogP contribution is -1.99. The van der Waals surface area contributed by atoms with Gasteiger partial charge >= 0.3 is 0 Å². The van der Waals surface area contributed by atoms with Gasteiger partial charge < -0.3 is 5.11 Å². The molecule has 1 aromatic rings. The number of aromatic hydroxyl groups is 1. The highest BCUT2D eigenvalue weighted by Gasteiger charge is 2.17. The molecule has 0 atom stereocenters. The molecule has 0 heterocycles. The Morgan fingerprint density at radius 2 is 1.87 bits per heavy atom. The van der Waals surface area contributed by atoms with Crippen molar-refractivity contribution in [2.24, 2.45) is 0 Å². The highest BCUT2D eigenvalue weighted by molar-refractivity contribution is 8.13. The van der Waals surface area contributed by atoms with Gasteiger partial charge in [0.15, 0.2) is 0 Å². The van der Waals surface area contributed by atoms with Crippen LogP contribution in [0.3, 0.4) is 0 Å². The third-order valence-corrected chi connectivity index (χ3v) is 3.50. The molecular weight excluding hydrogens is 259 g/mol. The Bertz CT molecular complexity index is 495. The van der Waals surface area contributed by atoms with Crippen molar-refractivity contribution in [3.8, 4) is 5.75 Å². The van der Waals surface area contributed by atoms with Crippen molar-refractivity contribution < 1.29 is 13.5 Å². The minimum atomic E-state index is -3.70. The minimum Gasteiger partial charge on any atom is -0.506 e. The zero-order chi connectivity index (χ0) is 11.8. The first kappa shape index (κ1) is 12.6. The van der Waals surface area contributed by atoms with E-state index in [-0.39, 0.29) is 16.3 Å². The summed E-state index contributed by atoms with van der Waals surface area (Å²) in [5.74, 6) is -0.634. The van der Waals surface area contributed by atoms with Crippen molar-refractivity contribution in [1.82, 2.24) is 0 Å². The Kier molecular flexibility index (Phi) is 3.53. The van der Waals surface area contributed by atoms with Gasteiger partial charge in [-0.15, -0.1) is 0 Å². The molecule has 0 saturated heterocycles. The monoisotopic (exact) mass is 268 g/mol. The van der Waals surface area contributed by atoms with E-state index in [1.54, 1.807) is 19.9 Å². The maximum absolute atomic E-state index is 10.9. The SMILES string of the molecule is Cc1cc(C)c(CS(=O)(=O)Cl)c(O)c1Cl. The van der Waals surface area contributed by atoms with Crippen LogP contribution in [0, 0.1) is 13.8 Å². The Balaban J connectivity index is 3.37. The second-order valence-corrected chi connectivity index (χ2v) is 6.49. The fourth-order valence-electron chi connectivity index (χ4n) is 1.34. The minimum absolute atomic E-state index is 0.163. The molecule has 0 aromatic heterocycles. The van der Waals surface area contributed by atoms with Gasteiger partial charge in [0, 0.05) is 16.2 Å². The maximum atomic E-state index is 10.9. The standard InChI is InChI=1S/C9H10Cl2O3S/c1-5-3-6(2)8(10)9(12)7(5)4-15(11,13)14/h3,12H,4H2,1-2H3. The predicted molar refractivity (Wildman–Crippen MR) is 61.1 cm³/mol. The summed E-state index contributed by atoms with van der Waals surface area (Å²) >= 11 is 5.80. The van der Waals surface area contributed by atoms with Crippen LogP contribution in [0.4, 0.5) is 0 Å². The number of rotatable bonds is 2. The van der Waals surface area contributed by atoms with E-state index in [2.05, 4.69) is 0 Å². The quantitative estimate of drug-likeness (QED) is 0.840. The summed E-state index contributed by atoms with van der Waals surface area (Å²) < 4.78 is 21.8. The smallest absolute Gasteiger partial charge is 0.236 e. The molecule has 1 aromatic carbocycles. The fourth-order valence-corrected chi connectivity index (χ4v) is 2.54. The van der Waals surface area contributed by atoms with Crippen LogP contribution in [-0.2, 0) is 14.8 Å². The molecule has 6 heteroatoms. The summed E-state index contributed by atoms with van der Waals surface area (Å²) in [5.41, 5.74) is 1.60. The van der Waals surface area contributed by atoms with Crippen LogP contribution in [0.1, 0.15) is 16.7 Å². The van der Waals surface area contributed by atoms with Crippen molar-refractivity contribution in [2.75, 3.05) is 0 Å². The molecule has 0 aliphatic heterocycles. The zero-order valence-corrected chi connectivity index (χ0v) is 10.5. The number of hydrogen-bond acceptors (Lipinski definition) is 3. The second-order valence-electron chi connectivity index (χ2n) is 3.33. The lowest BCUT2D eigenvalue weighted by atomic mass is 10.1. The molecule has 0 saturated carbocycles. The van der Waals surface area contributed by atoms with Crippen molar-refractivity contribution in [3.05, 3.63) is 27.8 Å². The van der Waals surface area contributed by atoms with Crippen LogP contribution in [0.15, 0.2) is 6.07 Å². The van der Waals surface area contributed by atoms with Crippen LogP contribution >= 0.6 is 22.3 Å². The van der Waals surface area contributed by atoms with Gasteiger partial charge in [-0.05, 0) is 25.0 Å². The lowest BCUT2D eigenvalue weighted by Gasteiger charge is -2.10. The van der Waals surface area contributed by atoms with E-state index in [0.717, 1.165) is 0 Å². The van der Waals surface area contributed by atoms with Crippen molar-refractivity contribution in [2.45, 2.75) is 19.6 Å². The van der Waals surface area contributed by atoms with Gasteiger partial charge in [-0.1, -0.05) is 17.7 Å². The van der Waals surface area contributed by atoms with Gasteiger partial charge in [-0.2, -0.15) is 0 Å². The first-order chi connectivity index (χ1) is 6.72. The molecule has 1 rings (SSSR count). The average molecular weight is 269 g/mol. The average Bonchev–Trinajstić information content (AvgIpc) is 2.07. The highest BCUT2D eigenvalue weighted by atomic mass is 35.7. The Morgan fingerprint density at radius 1 is 1.33 bits per heavy atom. The normalized spacial score (nSPS) is 11.7. The van der Waals surface area contributed by atoms with Crippen LogP contribution in [-0.4, -0.2) is 13.5 Å². The molecule has 0 unspecified atom stereocenters. The molecule has 0 fully saturated rings. The molecular formula is C9H10Cl2O3S. The maximum Gasteiger partial charge on any atom is 0.236 e. The van der Waals surface area contributed by atoms with Crippen LogP contribution in [0.2, 0.25) is 5.02 Å². The number of halogens is 2. The summed E-state index contributed by atoms with van der Waals surface area (Å²) in [6, 6.07) is 1.71. The molecule has 0 aliphatic rings. The summed E-state index contributed by atoms with van der Waals surface area (Å²) in [5, 5.41) is 9.83. The van der Waals surface area contributed by atoms with E-state index in [1.807, 2.05) is 0 Å². The van der Waals surface area contributed by atoms with Gasteiger partial charge in [0.1, 0.15) is 5.75 Å². The summed E-state index contributed by atoms with van der Waals surface area (Å²) in [4.78, 5) is 0. The van der Waals surface area contributed by atoms with Crippen LogP contribution in [0.5, 0.6) is 5.75 Å². The van der Waals surface area contributed by atoms with E-state index in [4.69, 9.17) is 22.3 Å². The predicted octanol–water partition coefficient (Wildman–Crippen LogP) is 2.73. The van der Waals surface area contributed by atoms with E-state index in [1.165, 1.54) is 0 Å².